The van der Waals surface area contributed by atoms with Gasteiger partial charge in [0.05, 0.1) is 0 Å². The molecule has 1 fully saturated rings. The summed E-state index contributed by atoms with van der Waals surface area (Å²) in [5.74, 6) is -0.451. The maximum absolute atomic E-state index is 12.8. The van der Waals surface area contributed by atoms with E-state index < -0.39 is 11.5 Å². The molecule has 0 aromatic rings. The van der Waals surface area contributed by atoms with Gasteiger partial charge in [-0.15, -0.1) is 0 Å². The second-order valence-electron chi connectivity index (χ2n) is 7.02. The van der Waals surface area contributed by atoms with E-state index in [0.717, 1.165) is 32.1 Å². The van der Waals surface area contributed by atoms with Crippen LogP contribution in [0.4, 0.5) is 4.79 Å². The van der Waals surface area contributed by atoms with Crippen molar-refractivity contribution in [3.05, 3.63) is 0 Å². The van der Waals surface area contributed by atoms with Crippen LogP contribution in [0.2, 0.25) is 0 Å². The lowest BCUT2D eigenvalue weighted by Crippen LogP contribution is -2.57. The number of carboxylic acid groups (broad SMARTS) is 1. The summed E-state index contributed by atoms with van der Waals surface area (Å²) in [5, 5.41) is 9.31. The fraction of sp³-hybridized carbons (Fsp3) is 0.875. The summed E-state index contributed by atoms with van der Waals surface area (Å²) in [6.07, 6.45) is 5.32. The molecule has 1 saturated carbocycles. The molecule has 0 radical (unpaired) electrons. The molecule has 0 atom stereocenters. The minimum atomic E-state index is -1.19. The van der Waals surface area contributed by atoms with Crippen LogP contribution in [0.5, 0.6) is 0 Å². The average Bonchev–Trinajstić information content (AvgIpc) is 2.91. The van der Waals surface area contributed by atoms with Crippen molar-refractivity contribution in [1.82, 2.24) is 9.80 Å². The van der Waals surface area contributed by atoms with Crippen molar-refractivity contribution in [3.63, 3.8) is 0 Å². The van der Waals surface area contributed by atoms with Crippen LogP contribution >= 0.6 is 0 Å². The quantitative estimate of drug-likeness (QED) is 0.819. The SMILES string of the molecule is CC(C)CCN(C(=O)N(C)C(C)(C)C(=O)O)C1CCCC1. The Hall–Kier alpha value is -1.26. The summed E-state index contributed by atoms with van der Waals surface area (Å²) in [7, 11) is 1.59. The van der Waals surface area contributed by atoms with Gasteiger partial charge in [-0.3, -0.25) is 0 Å². The Kier molecular flexibility index (Phi) is 6.05. The Bertz CT molecular complexity index is 374. The Balaban J connectivity index is 2.85. The zero-order valence-corrected chi connectivity index (χ0v) is 14.1. The number of rotatable bonds is 6. The molecule has 5 heteroatoms. The molecule has 0 bridgehead atoms. The minimum absolute atomic E-state index is 0.157. The molecule has 0 unspecified atom stereocenters. The second-order valence-corrected chi connectivity index (χ2v) is 7.02. The van der Waals surface area contributed by atoms with E-state index in [1.165, 1.54) is 4.90 Å². The summed E-state index contributed by atoms with van der Waals surface area (Å²) >= 11 is 0. The molecule has 1 rings (SSSR count). The maximum Gasteiger partial charge on any atom is 0.329 e. The predicted molar refractivity (Wildman–Crippen MR) is 83.3 cm³/mol. The average molecular weight is 298 g/mol. The number of hydrogen-bond acceptors (Lipinski definition) is 2. The summed E-state index contributed by atoms with van der Waals surface area (Å²) in [6, 6.07) is 0.109. The van der Waals surface area contributed by atoms with Gasteiger partial charge in [0.15, 0.2) is 0 Å². The Morgan fingerprint density at radius 2 is 1.76 bits per heavy atom. The maximum atomic E-state index is 12.8. The largest absolute Gasteiger partial charge is 0.480 e. The first-order valence-corrected chi connectivity index (χ1v) is 7.95. The lowest BCUT2D eigenvalue weighted by atomic mass is 10.0. The normalized spacial score (nSPS) is 16.3. The van der Waals surface area contributed by atoms with E-state index in [1.54, 1.807) is 20.9 Å². The van der Waals surface area contributed by atoms with E-state index in [4.69, 9.17) is 0 Å². The summed E-state index contributed by atoms with van der Waals surface area (Å²) in [4.78, 5) is 27.4. The highest BCUT2D eigenvalue weighted by molar-refractivity contribution is 5.85. The molecule has 0 aromatic carbocycles. The van der Waals surface area contributed by atoms with Crippen molar-refractivity contribution in [2.24, 2.45) is 5.92 Å². The number of urea groups is 1. The summed E-state index contributed by atoms with van der Waals surface area (Å²) < 4.78 is 0. The number of carbonyl (C=O) groups is 2. The first-order valence-electron chi connectivity index (χ1n) is 7.95. The third-order valence-electron chi connectivity index (χ3n) is 4.61. The molecule has 0 aliphatic heterocycles. The lowest BCUT2D eigenvalue weighted by molar-refractivity contribution is -0.147. The standard InChI is InChI=1S/C16H30N2O3/c1-12(2)10-11-18(13-8-6-7-9-13)15(21)17(5)16(3,4)14(19)20/h12-13H,6-11H2,1-5H3,(H,19,20). The fourth-order valence-electron chi connectivity index (χ4n) is 2.62. The van der Waals surface area contributed by atoms with Crippen LogP contribution in [0, 0.1) is 5.92 Å². The summed E-state index contributed by atoms with van der Waals surface area (Å²) in [6.45, 7) is 8.14. The number of amides is 2. The van der Waals surface area contributed by atoms with Gasteiger partial charge in [-0.05, 0) is 39.0 Å². The van der Waals surface area contributed by atoms with Crippen LogP contribution in [0.3, 0.4) is 0 Å². The highest BCUT2D eigenvalue weighted by Gasteiger charge is 2.39. The third kappa shape index (κ3) is 4.35. The van der Waals surface area contributed by atoms with E-state index >= 15 is 0 Å². The van der Waals surface area contributed by atoms with E-state index in [-0.39, 0.29) is 12.1 Å². The molecule has 0 aromatic heterocycles. The smallest absolute Gasteiger partial charge is 0.329 e. The molecule has 122 valence electrons. The van der Waals surface area contributed by atoms with Gasteiger partial charge in [-0.25, -0.2) is 9.59 Å². The monoisotopic (exact) mass is 298 g/mol. The molecular weight excluding hydrogens is 268 g/mol. The van der Waals surface area contributed by atoms with Gasteiger partial charge >= 0.3 is 12.0 Å². The zero-order valence-electron chi connectivity index (χ0n) is 14.1. The fourth-order valence-corrected chi connectivity index (χ4v) is 2.62. The van der Waals surface area contributed by atoms with E-state index in [0.29, 0.717) is 12.5 Å². The van der Waals surface area contributed by atoms with Gasteiger partial charge in [-0.1, -0.05) is 26.7 Å². The first-order chi connectivity index (χ1) is 9.67. The molecule has 1 N–H and O–H groups in total. The molecule has 2 amide bonds. The van der Waals surface area contributed by atoms with E-state index in [9.17, 15) is 14.7 Å². The van der Waals surface area contributed by atoms with Gasteiger partial charge in [-0.2, -0.15) is 0 Å². The second kappa shape index (κ2) is 7.14. The van der Waals surface area contributed by atoms with Crippen molar-refractivity contribution in [3.8, 4) is 0 Å². The van der Waals surface area contributed by atoms with Crippen molar-refractivity contribution in [1.29, 1.82) is 0 Å². The number of carboxylic acids is 1. The van der Waals surface area contributed by atoms with Crippen LogP contribution in [0.1, 0.15) is 59.8 Å². The van der Waals surface area contributed by atoms with Gasteiger partial charge < -0.3 is 14.9 Å². The van der Waals surface area contributed by atoms with Gasteiger partial charge in [0.2, 0.25) is 0 Å². The molecule has 0 spiro atoms. The van der Waals surface area contributed by atoms with Gasteiger partial charge in [0, 0.05) is 19.6 Å². The van der Waals surface area contributed by atoms with Crippen molar-refractivity contribution in [2.45, 2.75) is 71.4 Å². The number of carbonyl (C=O) groups excluding carboxylic acids is 1. The number of aliphatic carboxylic acids is 1. The van der Waals surface area contributed by atoms with E-state index in [2.05, 4.69) is 13.8 Å². The number of nitrogens with zero attached hydrogens (tertiary/aromatic N) is 2. The number of likely N-dealkylation sites (N-methyl/N-ethyl adjacent to an activating group) is 1. The first kappa shape index (κ1) is 17.8. The molecule has 5 nitrogen and oxygen atoms in total. The Morgan fingerprint density at radius 1 is 1.24 bits per heavy atom. The molecule has 0 heterocycles. The molecule has 1 aliphatic rings. The molecule has 21 heavy (non-hydrogen) atoms. The van der Waals surface area contributed by atoms with Crippen LogP contribution in [-0.2, 0) is 4.79 Å². The highest BCUT2D eigenvalue weighted by Crippen LogP contribution is 2.26. The van der Waals surface area contributed by atoms with Crippen molar-refractivity contribution in [2.75, 3.05) is 13.6 Å². The van der Waals surface area contributed by atoms with E-state index in [1.807, 2.05) is 4.90 Å². The lowest BCUT2D eigenvalue weighted by Gasteiger charge is -2.38. The Morgan fingerprint density at radius 3 is 2.19 bits per heavy atom. The zero-order chi connectivity index (χ0) is 16.2. The van der Waals surface area contributed by atoms with Crippen LogP contribution in [0.15, 0.2) is 0 Å². The molecule has 0 saturated heterocycles. The summed E-state index contributed by atoms with van der Waals surface area (Å²) in [5.41, 5.74) is -1.19. The Labute approximate surface area is 128 Å². The predicted octanol–water partition coefficient (Wildman–Crippen LogP) is 3.19. The minimum Gasteiger partial charge on any atom is -0.480 e. The van der Waals surface area contributed by atoms with Crippen LogP contribution in [0.25, 0.3) is 0 Å². The van der Waals surface area contributed by atoms with Crippen molar-refractivity contribution < 1.29 is 14.7 Å². The van der Waals surface area contributed by atoms with Gasteiger partial charge in [0.1, 0.15) is 5.54 Å². The molecule has 1 aliphatic carbocycles. The highest BCUT2D eigenvalue weighted by atomic mass is 16.4. The third-order valence-corrected chi connectivity index (χ3v) is 4.61. The van der Waals surface area contributed by atoms with Crippen LogP contribution < -0.4 is 0 Å². The number of hydrogen-bond donors (Lipinski definition) is 1. The van der Waals surface area contributed by atoms with Gasteiger partial charge in [0.25, 0.3) is 0 Å². The molecular formula is C16H30N2O3. The topological polar surface area (TPSA) is 60.9 Å². The van der Waals surface area contributed by atoms with Crippen LogP contribution in [-0.4, -0.2) is 52.1 Å². The van der Waals surface area contributed by atoms with Crippen molar-refractivity contribution >= 4 is 12.0 Å².